The van der Waals surface area contributed by atoms with Gasteiger partial charge in [0.2, 0.25) is 0 Å². The average Bonchev–Trinajstić information content (AvgIpc) is 2.83. The molecule has 1 aliphatic rings. The lowest BCUT2D eigenvalue weighted by atomic mass is 9.95. The van der Waals surface area contributed by atoms with Crippen molar-refractivity contribution in [1.29, 1.82) is 0 Å². The fourth-order valence-corrected chi connectivity index (χ4v) is 3.55. The maximum absolute atomic E-state index is 6.43. The Balaban J connectivity index is 1.97. The lowest BCUT2D eigenvalue weighted by Gasteiger charge is -2.15. The second-order valence-electron chi connectivity index (χ2n) is 5.42. The van der Waals surface area contributed by atoms with Crippen molar-refractivity contribution in [1.82, 2.24) is 0 Å². The molecule has 19 heavy (non-hydrogen) atoms. The zero-order chi connectivity index (χ0) is 13.4. The van der Waals surface area contributed by atoms with Crippen LogP contribution in [0.1, 0.15) is 40.3 Å². The van der Waals surface area contributed by atoms with E-state index in [1.165, 1.54) is 47.1 Å². The number of hydrogen-bond donors (Lipinski definition) is 1. The van der Waals surface area contributed by atoms with E-state index >= 15 is 0 Å². The number of benzene rings is 2. The van der Waals surface area contributed by atoms with Crippen LogP contribution in [0.4, 0.5) is 0 Å². The molecule has 0 radical (unpaired) electrons. The topological polar surface area (TPSA) is 26.0 Å². The molecule has 0 fully saturated rings. The van der Waals surface area contributed by atoms with Gasteiger partial charge in [0.25, 0.3) is 0 Å². The van der Waals surface area contributed by atoms with Crippen molar-refractivity contribution in [2.24, 2.45) is 5.73 Å². The average molecular weight is 316 g/mol. The zero-order valence-corrected chi connectivity index (χ0v) is 12.7. The molecular formula is C17H18BrN. The molecule has 1 atom stereocenters. The Labute approximate surface area is 123 Å². The predicted molar refractivity (Wildman–Crippen MR) is 83.4 cm³/mol. The minimum atomic E-state index is -0.0397. The SMILES string of the molecule is Cc1cc(Br)cc(C(N)c2ccc3c(c2)CCC3)c1. The number of rotatable bonds is 2. The summed E-state index contributed by atoms with van der Waals surface area (Å²) < 4.78 is 1.10. The smallest absolute Gasteiger partial charge is 0.0552 e. The van der Waals surface area contributed by atoms with Crippen molar-refractivity contribution in [3.05, 3.63) is 68.7 Å². The summed E-state index contributed by atoms with van der Waals surface area (Å²) in [6.07, 6.45) is 3.71. The third-order valence-electron chi connectivity index (χ3n) is 3.91. The summed E-state index contributed by atoms with van der Waals surface area (Å²) in [6.45, 7) is 2.10. The van der Waals surface area contributed by atoms with Gasteiger partial charge in [-0.05, 0) is 66.1 Å². The van der Waals surface area contributed by atoms with E-state index in [-0.39, 0.29) is 6.04 Å². The summed E-state index contributed by atoms with van der Waals surface area (Å²) >= 11 is 3.55. The molecule has 1 aliphatic carbocycles. The highest BCUT2D eigenvalue weighted by Gasteiger charge is 2.15. The number of hydrogen-bond acceptors (Lipinski definition) is 1. The Kier molecular flexibility index (Phi) is 3.46. The molecule has 0 heterocycles. The van der Waals surface area contributed by atoms with Crippen molar-refractivity contribution >= 4 is 15.9 Å². The fourth-order valence-electron chi connectivity index (χ4n) is 2.92. The van der Waals surface area contributed by atoms with Gasteiger partial charge >= 0.3 is 0 Å². The van der Waals surface area contributed by atoms with Crippen LogP contribution in [0.15, 0.2) is 40.9 Å². The minimum absolute atomic E-state index is 0.0397. The van der Waals surface area contributed by atoms with Gasteiger partial charge < -0.3 is 5.73 Å². The van der Waals surface area contributed by atoms with Gasteiger partial charge in [-0.3, -0.25) is 0 Å². The van der Waals surface area contributed by atoms with Crippen molar-refractivity contribution in [3.63, 3.8) is 0 Å². The molecule has 0 spiro atoms. The molecular weight excluding hydrogens is 298 g/mol. The molecule has 1 unspecified atom stereocenters. The Morgan fingerprint density at radius 3 is 2.58 bits per heavy atom. The van der Waals surface area contributed by atoms with Gasteiger partial charge in [-0.2, -0.15) is 0 Å². The molecule has 0 bridgehead atoms. The molecule has 0 saturated heterocycles. The minimum Gasteiger partial charge on any atom is -0.320 e. The van der Waals surface area contributed by atoms with Crippen LogP contribution >= 0.6 is 15.9 Å². The largest absolute Gasteiger partial charge is 0.320 e. The van der Waals surface area contributed by atoms with E-state index in [1.54, 1.807) is 0 Å². The van der Waals surface area contributed by atoms with Gasteiger partial charge in [0.1, 0.15) is 0 Å². The van der Waals surface area contributed by atoms with Gasteiger partial charge in [0.05, 0.1) is 6.04 Å². The normalized spacial score (nSPS) is 15.3. The molecule has 3 rings (SSSR count). The first-order valence-corrected chi connectivity index (χ1v) is 7.57. The molecule has 0 aliphatic heterocycles. The van der Waals surface area contributed by atoms with Gasteiger partial charge in [-0.15, -0.1) is 0 Å². The van der Waals surface area contributed by atoms with Crippen molar-refractivity contribution in [3.8, 4) is 0 Å². The third-order valence-corrected chi connectivity index (χ3v) is 4.36. The predicted octanol–water partition coefficient (Wildman–Crippen LogP) is 4.29. The Morgan fingerprint density at radius 1 is 1.00 bits per heavy atom. The van der Waals surface area contributed by atoms with Crippen LogP contribution in [0.2, 0.25) is 0 Å². The molecule has 2 aromatic carbocycles. The molecule has 0 saturated carbocycles. The van der Waals surface area contributed by atoms with Gasteiger partial charge in [0.15, 0.2) is 0 Å². The Hall–Kier alpha value is -1.12. The van der Waals surface area contributed by atoms with Crippen LogP contribution in [0.25, 0.3) is 0 Å². The Morgan fingerprint density at radius 2 is 1.79 bits per heavy atom. The van der Waals surface area contributed by atoms with E-state index in [4.69, 9.17) is 5.73 Å². The van der Waals surface area contributed by atoms with E-state index in [2.05, 4.69) is 59.3 Å². The molecule has 0 aromatic heterocycles. The van der Waals surface area contributed by atoms with E-state index in [1.807, 2.05) is 0 Å². The second-order valence-corrected chi connectivity index (χ2v) is 6.34. The quantitative estimate of drug-likeness (QED) is 0.878. The summed E-state index contributed by atoms with van der Waals surface area (Å²) in [5.74, 6) is 0. The van der Waals surface area contributed by atoms with E-state index in [0.29, 0.717) is 0 Å². The molecule has 2 N–H and O–H groups in total. The van der Waals surface area contributed by atoms with Gasteiger partial charge in [-0.25, -0.2) is 0 Å². The molecule has 98 valence electrons. The number of fused-ring (bicyclic) bond motifs is 1. The van der Waals surface area contributed by atoms with Crippen LogP contribution < -0.4 is 5.73 Å². The second kappa shape index (κ2) is 5.10. The van der Waals surface area contributed by atoms with E-state index in [9.17, 15) is 0 Å². The van der Waals surface area contributed by atoms with Crippen molar-refractivity contribution < 1.29 is 0 Å². The lowest BCUT2D eigenvalue weighted by Crippen LogP contribution is -2.12. The number of halogens is 1. The van der Waals surface area contributed by atoms with Crippen LogP contribution in [0.5, 0.6) is 0 Å². The molecule has 2 heteroatoms. The molecule has 0 amide bonds. The fraction of sp³-hybridized carbons (Fsp3) is 0.294. The van der Waals surface area contributed by atoms with E-state index < -0.39 is 0 Å². The lowest BCUT2D eigenvalue weighted by molar-refractivity contribution is 0.864. The summed E-state index contributed by atoms with van der Waals surface area (Å²) in [5, 5.41) is 0. The highest BCUT2D eigenvalue weighted by Crippen LogP contribution is 2.28. The van der Waals surface area contributed by atoms with Crippen LogP contribution in [-0.4, -0.2) is 0 Å². The summed E-state index contributed by atoms with van der Waals surface area (Å²) in [6, 6.07) is 13.1. The van der Waals surface area contributed by atoms with Crippen molar-refractivity contribution in [2.75, 3.05) is 0 Å². The van der Waals surface area contributed by atoms with E-state index in [0.717, 1.165) is 4.47 Å². The highest BCUT2D eigenvalue weighted by atomic mass is 79.9. The van der Waals surface area contributed by atoms with Crippen LogP contribution in [0, 0.1) is 6.92 Å². The van der Waals surface area contributed by atoms with Crippen molar-refractivity contribution in [2.45, 2.75) is 32.2 Å². The monoisotopic (exact) mass is 315 g/mol. The third kappa shape index (κ3) is 2.60. The van der Waals surface area contributed by atoms with Crippen LogP contribution in [-0.2, 0) is 12.8 Å². The molecule has 1 nitrogen and oxygen atoms in total. The first-order chi connectivity index (χ1) is 9.13. The maximum Gasteiger partial charge on any atom is 0.0552 e. The summed E-state index contributed by atoms with van der Waals surface area (Å²) in [7, 11) is 0. The summed E-state index contributed by atoms with van der Waals surface area (Å²) in [5.41, 5.74) is 13.0. The van der Waals surface area contributed by atoms with Crippen LogP contribution in [0.3, 0.4) is 0 Å². The number of nitrogens with two attached hydrogens (primary N) is 1. The first kappa shape index (κ1) is 12.9. The standard InChI is InChI=1S/C17H18BrN/c1-11-7-15(10-16(18)8-11)17(19)14-6-5-12-3-2-4-13(12)9-14/h5-10,17H,2-4,19H2,1H3. The van der Waals surface area contributed by atoms with Gasteiger partial charge in [0, 0.05) is 4.47 Å². The maximum atomic E-state index is 6.43. The Bertz CT molecular complexity index is 598. The molecule has 2 aromatic rings. The summed E-state index contributed by atoms with van der Waals surface area (Å²) in [4.78, 5) is 0. The first-order valence-electron chi connectivity index (χ1n) is 6.78. The number of aryl methyl sites for hydroxylation is 3. The van der Waals surface area contributed by atoms with Gasteiger partial charge in [-0.1, -0.05) is 40.2 Å². The highest BCUT2D eigenvalue weighted by molar-refractivity contribution is 9.10. The zero-order valence-electron chi connectivity index (χ0n) is 11.1.